The monoisotopic (exact) mass is 577 g/mol. The molecule has 1 heterocycles. The van der Waals surface area contributed by atoms with Crippen molar-refractivity contribution in [2.24, 2.45) is 0 Å². The van der Waals surface area contributed by atoms with Gasteiger partial charge in [-0.25, -0.2) is 0 Å². The summed E-state index contributed by atoms with van der Waals surface area (Å²) in [6.45, 7) is 1.62. The molecule has 0 aliphatic carbocycles. The standard InChI is InChI=1S/C32H36ClN3O5/c1-39-18-6-16-36(32(38)24-10-12-26(33)13-11-24)22-31(37)35(21-23-9-14-29(40-2)30(19-23)41-3)17-15-25-20-34-28-8-5-4-7-27(25)28/h4-5,7-14,19-20,34H,6,15-18,21-22H2,1-3H3. The third-order valence-corrected chi connectivity index (χ3v) is 7.23. The average Bonchev–Trinajstić information content (AvgIpc) is 3.41. The molecule has 0 bridgehead atoms. The molecule has 0 saturated heterocycles. The summed E-state index contributed by atoms with van der Waals surface area (Å²) in [4.78, 5) is 34.0. The largest absolute Gasteiger partial charge is 0.493 e. The lowest BCUT2D eigenvalue weighted by atomic mass is 10.1. The minimum Gasteiger partial charge on any atom is -0.493 e. The van der Waals surface area contributed by atoms with Crippen molar-refractivity contribution in [3.05, 3.63) is 94.6 Å². The van der Waals surface area contributed by atoms with Crippen molar-refractivity contribution < 1.29 is 23.8 Å². The fourth-order valence-electron chi connectivity index (χ4n) is 4.78. The Hall–Kier alpha value is -4.01. The summed E-state index contributed by atoms with van der Waals surface area (Å²) >= 11 is 6.03. The van der Waals surface area contributed by atoms with Gasteiger partial charge in [-0.05, 0) is 66.4 Å². The van der Waals surface area contributed by atoms with E-state index in [4.69, 9.17) is 25.8 Å². The second-order valence-corrected chi connectivity index (χ2v) is 10.1. The molecular formula is C32H36ClN3O5. The van der Waals surface area contributed by atoms with Crippen LogP contribution in [0.3, 0.4) is 0 Å². The number of fused-ring (bicyclic) bond motifs is 1. The first-order valence-corrected chi connectivity index (χ1v) is 13.9. The second-order valence-electron chi connectivity index (χ2n) is 9.69. The first-order valence-electron chi connectivity index (χ1n) is 13.5. The number of aromatic amines is 1. The summed E-state index contributed by atoms with van der Waals surface area (Å²) in [5.74, 6) is 0.826. The maximum Gasteiger partial charge on any atom is 0.254 e. The SMILES string of the molecule is COCCCN(CC(=O)N(CCc1c[nH]c2ccccc12)Cc1ccc(OC)c(OC)c1)C(=O)c1ccc(Cl)cc1. The summed E-state index contributed by atoms with van der Waals surface area (Å²) in [5.41, 5.74) is 3.55. The van der Waals surface area contributed by atoms with Gasteiger partial charge in [0.05, 0.1) is 14.2 Å². The maximum absolute atomic E-state index is 13.9. The van der Waals surface area contributed by atoms with Gasteiger partial charge in [-0.15, -0.1) is 0 Å². The predicted molar refractivity (Wildman–Crippen MR) is 161 cm³/mol. The number of benzene rings is 3. The number of rotatable bonds is 14. The first kappa shape index (κ1) is 30.0. The maximum atomic E-state index is 13.9. The summed E-state index contributed by atoms with van der Waals surface area (Å²) in [6, 6.07) is 20.4. The van der Waals surface area contributed by atoms with Crippen LogP contribution in [-0.2, 0) is 22.5 Å². The molecule has 0 aliphatic rings. The van der Waals surface area contributed by atoms with Gasteiger partial charge in [-0.3, -0.25) is 9.59 Å². The van der Waals surface area contributed by atoms with Crippen LogP contribution in [0.1, 0.15) is 27.9 Å². The van der Waals surface area contributed by atoms with Crippen LogP contribution in [0, 0.1) is 0 Å². The van der Waals surface area contributed by atoms with Crippen molar-refractivity contribution in [1.29, 1.82) is 0 Å². The molecule has 1 aromatic heterocycles. The Morgan fingerprint density at radius 2 is 1.63 bits per heavy atom. The molecule has 0 unspecified atom stereocenters. The molecule has 8 nitrogen and oxygen atoms in total. The fourth-order valence-corrected chi connectivity index (χ4v) is 4.90. The first-order chi connectivity index (χ1) is 19.9. The molecule has 0 atom stereocenters. The number of H-pyrrole nitrogens is 1. The van der Waals surface area contributed by atoms with E-state index in [0.29, 0.717) is 61.2 Å². The van der Waals surface area contributed by atoms with Crippen molar-refractivity contribution >= 4 is 34.3 Å². The third kappa shape index (κ3) is 7.80. The summed E-state index contributed by atoms with van der Waals surface area (Å²) in [5, 5.41) is 1.67. The number of hydrogen-bond donors (Lipinski definition) is 1. The number of hydrogen-bond acceptors (Lipinski definition) is 5. The van der Waals surface area contributed by atoms with E-state index in [9.17, 15) is 9.59 Å². The van der Waals surface area contributed by atoms with Crippen molar-refractivity contribution in [2.45, 2.75) is 19.4 Å². The molecule has 41 heavy (non-hydrogen) atoms. The van der Waals surface area contributed by atoms with Gasteiger partial charge >= 0.3 is 0 Å². The van der Waals surface area contributed by atoms with Crippen LogP contribution in [0.2, 0.25) is 5.02 Å². The average molecular weight is 578 g/mol. The quantitative estimate of drug-likeness (QED) is 0.198. The Labute approximate surface area is 245 Å². The van der Waals surface area contributed by atoms with Gasteiger partial charge in [-0.2, -0.15) is 0 Å². The molecule has 2 amide bonds. The summed E-state index contributed by atoms with van der Waals surface area (Å²) < 4.78 is 16.1. The normalized spacial score (nSPS) is 10.9. The van der Waals surface area contributed by atoms with Gasteiger partial charge in [0, 0.05) is 61.0 Å². The highest BCUT2D eigenvalue weighted by molar-refractivity contribution is 6.30. The minimum atomic E-state index is -0.228. The number of methoxy groups -OCH3 is 3. The molecule has 4 rings (SSSR count). The highest BCUT2D eigenvalue weighted by atomic mass is 35.5. The predicted octanol–water partition coefficient (Wildman–Crippen LogP) is 5.59. The van der Waals surface area contributed by atoms with Crippen LogP contribution in [0.15, 0.2) is 72.9 Å². The van der Waals surface area contributed by atoms with E-state index >= 15 is 0 Å². The lowest BCUT2D eigenvalue weighted by Gasteiger charge is -2.28. The number of aromatic nitrogens is 1. The van der Waals surface area contributed by atoms with Crippen LogP contribution in [0.5, 0.6) is 11.5 Å². The van der Waals surface area contributed by atoms with Crippen molar-refractivity contribution in [1.82, 2.24) is 14.8 Å². The molecule has 0 aliphatic heterocycles. The Balaban J connectivity index is 1.58. The van der Waals surface area contributed by atoms with E-state index in [-0.39, 0.29) is 18.4 Å². The number of carbonyl (C=O) groups is 2. The van der Waals surface area contributed by atoms with Crippen LogP contribution in [0.25, 0.3) is 10.9 Å². The molecule has 0 saturated carbocycles. The third-order valence-electron chi connectivity index (χ3n) is 6.98. The molecule has 4 aromatic rings. The van der Waals surface area contributed by atoms with E-state index < -0.39 is 0 Å². The highest BCUT2D eigenvalue weighted by Gasteiger charge is 2.23. The molecule has 0 fully saturated rings. The zero-order chi connectivity index (χ0) is 29.2. The number of para-hydroxylation sites is 1. The van der Waals surface area contributed by atoms with Gasteiger partial charge in [0.1, 0.15) is 6.54 Å². The molecular weight excluding hydrogens is 542 g/mol. The molecule has 1 N–H and O–H groups in total. The number of carbonyl (C=O) groups excluding carboxylic acids is 2. The van der Waals surface area contributed by atoms with Gasteiger partial charge in [0.15, 0.2) is 11.5 Å². The molecule has 0 spiro atoms. The highest BCUT2D eigenvalue weighted by Crippen LogP contribution is 2.28. The number of nitrogens with zero attached hydrogens (tertiary/aromatic N) is 2. The van der Waals surface area contributed by atoms with Gasteiger partial charge in [-0.1, -0.05) is 35.9 Å². The Bertz CT molecular complexity index is 1450. The fraction of sp³-hybridized carbons (Fsp3) is 0.312. The van der Waals surface area contributed by atoms with Crippen LogP contribution >= 0.6 is 11.6 Å². The van der Waals surface area contributed by atoms with E-state index in [0.717, 1.165) is 22.0 Å². The van der Waals surface area contributed by atoms with E-state index in [1.165, 1.54) is 0 Å². The minimum absolute atomic E-state index is 0.0631. The van der Waals surface area contributed by atoms with Gasteiger partial charge in [0.2, 0.25) is 5.91 Å². The lowest BCUT2D eigenvalue weighted by Crippen LogP contribution is -2.44. The molecule has 3 aromatic carbocycles. The number of halogens is 1. The Morgan fingerprint density at radius 1 is 0.878 bits per heavy atom. The van der Waals surface area contributed by atoms with E-state index in [2.05, 4.69) is 11.1 Å². The summed E-state index contributed by atoms with van der Waals surface area (Å²) in [6.07, 6.45) is 3.25. The molecule has 0 radical (unpaired) electrons. The smallest absolute Gasteiger partial charge is 0.254 e. The molecule has 9 heteroatoms. The van der Waals surface area contributed by atoms with E-state index in [1.807, 2.05) is 42.6 Å². The van der Waals surface area contributed by atoms with E-state index in [1.54, 1.807) is 55.4 Å². The van der Waals surface area contributed by atoms with Crippen LogP contribution < -0.4 is 9.47 Å². The van der Waals surface area contributed by atoms with Crippen LogP contribution in [-0.4, -0.2) is 74.2 Å². The van der Waals surface area contributed by atoms with Crippen molar-refractivity contribution in [3.63, 3.8) is 0 Å². The van der Waals surface area contributed by atoms with Gasteiger partial charge < -0.3 is 29.0 Å². The number of amides is 2. The second kappa shape index (κ2) is 14.6. The van der Waals surface area contributed by atoms with Crippen molar-refractivity contribution in [2.75, 3.05) is 47.6 Å². The zero-order valence-electron chi connectivity index (χ0n) is 23.7. The van der Waals surface area contributed by atoms with Crippen LogP contribution in [0.4, 0.5) is 0 Å². The van der Waals surface area contributed by atoms with Gasteiger partial charge in [0.25, 0.3) is 5.91 Å². The number of nitrogens with one attached hydrogen (secondary N) is 1. The molecule has 216 valence electrons. The lowest BCUT2D eigenvalue weighted by molar-refractivity contribution is -0.132. The topological polar surface area (TPSA) is 84.1 Å². The van der Waals surface area contributed by atoms with Crippen molar-refractivity contribution in [3.8, 4) is 11.5 Å². The zero-order valence-corrected chi connectivity index (χ0v) is 24.4. The summed E-state index contributed by atoms with van der Waals surface area (Å²) in [7, 11) is 4.79. The number of ether oxygens (including phenoxy) is 3. The Morgan fingerprint density at radius 3 is 2.37 bits per heavy atom. The Kier molecular flexibility index (Phi) is 10.6.